The number of rotatable bonds is 8. The molecule has 0 heterocycles. The first kappa shape index (κ1) is 14.3. The van der Waals surface area contributed by atoms with Crippen LogP contribution in [-0.2, 0) is 10.2 Å². The molecule has 19 heavy (non-hydrogen) atoms. The standard InChI is InChI=1S/C18H26O/c1-3-5-9-15(4-2)14-17(19)18(12-13-18)16-10-7-6-8-11-16/h6-8,10-11,15H,3-5,9,12-14H2,1-2H3. The summed E-state index contributed by atoms with van der Waals surface area (Å²) in [6, 6.07) is 10.4. The molecule has 1 aliphatic rings. The van der Waals surface area contributed by atoms with Crippen molar-refractivity contribution in [1.29, 1.82) is 0 Å². The first-order valence-electron chi connectivity index (χ1n) is 7.81. The molecular weight excluding hydrogens is 232 g/mol. The average molecular weight is 258 g/mol. The van der Waals surface area contributed by atoms with Gasteiger partial charge in [-0.3, -0.25) is 4.79 Å². The number of Topliss-reactive ketones (excluding diaryl/α,β-unsaturated/α-hetero) is 1. The molecule has 1 aromatic rings. The molecule has 2 rings (SSSR count). The Kier molecular flexibility index (Phi) is 4.79. The van der Waals surface area contributed by atoms with Crippen LogP contribution in [0.15, 0.2) is 30.3 Å². The van der Waals surface area contributed by atoms with E-state index in [0.717, 1.165) is 25.7 Å². The summed E-state index contributed by atoms with van der Waals surface area (Å²) in [5.41, 5.74) is 1.13. The van der Waals surface area contributed by atoms with Gasteiger partial charge in [0, 0.05) is 6.42 Å². The lowest BCUT2D eigenvalue weighted by Crippen LogP contribution is -2.23. The minimum Gasteiger partial charge on any atom is -0.299 e. The van der Waals surface area contributed by atoms with Gasteiger partial charge < -0.3 is 0 Å². The van der Waals surface area contributed by atoms with Crippen LogP contribution in [0.3, 0.4) is 0 Å². The van der Waals surface area contributed by atoms with E-state index in [1.54, 1.807) is 0 Å². The van der Waals surface area contributed by atoms with Gasteiger partial charge in [-0.15, -0.1) is 0 Å². The Labute approximate surface area is 117 Å². The highest BCUT2D eigenvalue weighted by molar-refractivity contribution is 5.93. The third kappa shape index (κ3) is 3.26. The van der Waals surface area contributed by atoms with Gasteiger partial charge >= 0.3 is 0 Å². The molecule has 1 nitrogen and oxygen atoms in total. The molecular formula is C18H26O. The van der Waals surface area contributed by atoms with Crippen molar-refractivity contribution in [3.05, 3.63) is 35.9 Å². The zero-order valence-electron chi connectivity index (χ0n) is 12.3. The molecule has 1 fully saturated rings. The first-order valence-corrected chi connectivity index (χ1v) is 7.81. The van der Waals surface area contributed by atoms with Gasteiger partial charge in [-0.25, -0.2) is 0 Å². The van der Waals surface area contributed by atoms with Crippen LogP contribution >= 0.6 is 0 Å². The largest absolute Gasteiger partial charge is 0.299 e. The normalized spacial score (nSPS) is 18.0. The molecule has 1 unspecified atom stereocenters. The van der Waals surface area contributed by atoms with Crippen molar-refractivity contribution >= 4 is 5.78 Å². The SMILES string of the molecule is CCCCC(CC)CC(=O)C1(c2ccccc2)CC1. The van der Waals surface area contributed by atoms with E-state index in [9.17, 15) is 4.79 Å². The van der Waals surface area contributed by atoms with Gasteiger partial charge in [-0.05, 0) is 24.3 Å². The fourth-order valence-electron chi connectivity index (χ4n) is 3.01. The molecule has 0 aliphatic heterocycles. The van der Waals surface area contributed by atoms with Gasteiger partial charge in [0.25, 0.3) is 0 Å². The molecule has 1 saturated carbocycles. The zero-order chi connectivity index (χ0) is 13.7. The summed E-state index contributed by atoms with van der Waals surface area (Å²) in [5, 5.41) is 0. The van der Waals surface area contributed by atoms with Crippen molar-refractivity contribution in [3.63, 3.8) is 0 Å². The van der Waals surface area contributed by atoms with Gasteiger partial charge in [-0.2, -0.15) is 0 Å². The number of hydrogen-bond donors (Lipinski definition) is 0. The zero-order valence-corrected chi connectivity index (χ0v) is 12.3. The molecule has 0 amide bonds. The monoisotopic (exact) mass is 258 g/mol. The third-order valence-electron chi connectivity index (χ3n) is 4.63. The van der Waals surface area contributed by atoms with Gasteiger partial charge in [0.05, 0.1) is 5.41 Å². The third-order valence-corrected chi connectivity index (χ3v) is 4.63. The van der Waals surface area contributed by atoms with Crippen LogP contribution in [0.25, 0.3) is 0 Å². The highest BCUT2D eigenvalue weighted by Crippen LogP contribution is 2.50. The van der Waals surface area contributed by atoms with Crippen molar-refractivity contribution < 1.29 is 4.79 Å². The number of carbonyl (C=O) groups is 1. The number of unbranched alkanes of at least 4 members (excludes halogenated alkanes) is 1. The van der Waals surface area contributed by atoms with E-state index >= 15 is 0 Å². The van der Waals surface area contributed by atoms with Crippen LogP contribution in [0.5, 0.6) is 0 Å². The second kappa shape index (κ2) is 6.36. The lowest BCUT2D eigenvalue weighted by atomic mass is 9.84. The van der Waals surface area contributed by atoms with Crippen LogP contribution in [0.2, 0.25) is 0 Å². The smallest absolute Gasteiger partial charge is 0.143 e. The number of carbonyl (C=O) groups excluding carboxylic acids is 1. The summed E-state index contributed by atoms with van der Waals surface area (Å²) >= 11 is 0. The topological polar surface area (TPSA) is 17.1 Å². The van der Waals surface area contributed by atoms with Gasteiger partial charge in [0.2, 0.25) is 0 Å². The van der Waals surface area contributed by atoms with E-state index in [-0.39, 0.29) is 5.41 Å². The van der Waals surface area contributed by atoms with Crippen molar-refractivity contribution in [3.8, 4) is 0 Å². The molecule has 0 bridgehead atoms. The second-order valence-corrected chi connectivity index (χ2v) is 5.99. The van der Waals surface area contributed by atoms with Crippen molar-refractivity contribution in [1.82, 2.24) is 0 Å². The summed E-state index contributed by atoms with van der Waals surface area (Å²) in [6.07, 6.45) is 7.73. The summed E-state index contributed by atoms with van der Waals surface area (Å²) in [4.78, 5) is 12.7. The summed E-state index contributed by atoms with van der Waals surface area (Å²) < 4.78 is 0. The molecule has 1 atom stereocenters. The van der Waals surface area contributed by atoms with Crippen molar-refractivity contribution in [2.24, 2.45) is 5.92 Å². The number of hydrogen-bond acceptors (Lipinski definition) is 1. The molecule has 104 valence electrons. The van der Waals surface area contributed by atoms with Crippen LogP contribution in [-0.4, -0.2) is 5.78 Å². The van der Waals surface area contributed by atoms with E-state index in [4.69, 9.17) is 0 Å². The molecule has 1 aliphatic carbocycles. The molecule has 0 radical (unpaired) electrons. The summed E-state index contributed by atoms with van der Waals surface area (Å²) in [5.74, 6) is 1.08. The van der Waals surface area contributed by atoms with E-state index in [1.807, 2.05) is 6.07 Å². The molecule has 0 saturated heterocycles. The Hall–Kier alpha value is -1.11. The van der Waals surface area contributed by atoms with E-state index in [1.165, 1.54) is 24.8 Å². The van der Waals surface area contributed by atoms with Crippen LogP contribution in [0.1, 0.15) is 64.4 Å². The predicted octanol–water partition coefficient (Wildman–Crippen LogP) is 4.89. The molecule has 0 spiro atoms. The maximum absolute atomic E-state index is 12.7. The minimum absolute atomic E-state index is 0.110. The Morgan fingerprint density at radius 3 is 2.42 bits per heavy atom. The minimum atomic E-state index is -0.110. The maximum atomic E-state index is 12.7. The fraction of sp³-hybridized carbons (Fsp3) is 0.611. The molecule has 1 aromatic carbocycles. The van der Waals surface area contributed by atoms with Gasteiger partial charge in [-0.1, -0.05) is 69.9 Å². The van der Waals surface area contributed by atoms with Crippen LogP contribution < -0.4 is 0 Å². The Morgan fingerprint density at radius 2 is 1.89 bits per heavy atom. The van der Waals surface area contributed by atoms with Gasteiger partial charge in [0.1, 0.15) is 5.78 Å². The highest BCUT2D eigenvalue weighted by Gasteiger charge is 2.50. The first-order chi connectivity index (χ1) is 9.23. The quantitative estimate of drug-likeness (QED) is 0.648. The van der Waals surface area contributed by atoms with Crippen molar-refractivity contribution in [2.45, 2.75) is 64.2 Å². The lowest BCUT2D eigenvalue weighted by molar-refractivity contribution is -0.122. The average Bonchev–Trinajstić information content (AvgIpc) is 3.26. The Morgan fingerprint density at radius 1 is 1.21 bits per heavy atom. The van der Waals surface area contributed by atoms with Crippen LogP contribution in [0.4, 0.5) is 0 Å². The summed E-state index contributed by atoms with van der Waals surface area (Å²) in [6.45, 7) is 4.44. The van der Waals surface area contributed by atoms with Crippen LogP contribution in [0, 0.1) is 5.92 Å². The molecule has 1 heteroatoms. The lowest BCUT2D eigenvalue weighted by Gasteiger charge is -2.19. The van der Waals surface area contributed by atoms with Crippen molar-refractivity contribution in [2.75, 3.05) is 0 Å². The second-order valence-electron chi connectivity index (χ2n) is 5.99. The van der Waals surface area contributed by atoms with Gasteiger partial charge in [0.15, 0.2) is 0 Å². The molecule has 0 aromatic heterocycles. The summed E-state index contributed by atoms with van der Waals surface area (Å²) in [7, 11) is 0. The predicted molar refractivity (Wildman–Crippen MR) is 80.3 cm³/mol. The molecule has 0 N–H and O–H groups in total. The Balaban J connectivity index is 1.99. The highest BCUT2D eigenvalue weighted by atomic mass is 16.1. The maximum Gasteiger partial charge on any atom is 0.143 e. The fourth-order valence-corrected chi connectivity index (χ4v) is 3.01. The van der Waals surface area contributed by atoms with E-state index in [0.29, 0.717) is 11.7 Å². The van der Waals surface area contributed by atoms with E-state index in [2.05, 4.69) is 38.1 Å². The van der Waals surface area contributed by atoms with E-state index < -0.39 is 0 Å². The number of benzene rings is 1. The Bertz CT molecular complexity index is 403. The number of ketones is 1.